The Balaban J connectivity index is 2.62. The quantitative estimate of drug-likeness (QED) is 0.821. The Bertz CT molecular complexity index is 347. The van der Waals surface area contributed by atoms with Crippen LogP contribution in [0.2, 0.25) is 0 Å². The van der Waals surface area contributed by atoms with Gasteiger partial charge >= 0.3 is 0 Å². The van der Waals surface area contributed by atoms with Crippen molar-refractivity contribution in [1.82, 2.24) is 10.3 Å². The molecule has 0 aliphatic rings. The number of nitrogens with zero attached hydrogens (tertiary/aromatic N) is 2. The summed E-state index contributed by atoms with van der Waals surface area (Å²) in [7, 11) is 2.08. The zero-order valence-electron chi connectivity index (χ0n) is 11.7. The zero-order chi connectivity index (χ0) is 12.8. The van der Waals surface area contributed by atoms with Crippen LogP contribution in [0.25, 0.3) is 0 Å². The smallest absolute Gasteiger partial charge is 0.131 e. The van der Waals surface area contributed by atoms with Crippen molar-refractivity contribution in [3.05, 3.63) is 23.4 Å². The highest BCUT2D eigenvalue weighted by molar-refractivity contribution is 5.46. The van der Waals surface area contributed by atoms with E-state index >= 15 is 0 Å². The Hall–Kier alpha value is -1.09. The number of aromatic nitrogens is 1. The molecule has 1 aromatic rings. The fraction of sp³-hybridized carbons (Fsp3) is 0.643. The maximum absolute atomic E-state index is 4.53. The van der Waals surface area contributed by atoms with E-state index in [-0.39, 0.29) is 0 Å². The van der Waals surface area contributed by atoms with Gasteiger partial charge in [0.15, 0.2) is 0 Å². The van der Waals surface area contributed by atoms with Crippen LogP contribution in [-0.4, -0.2) is 25.1 Å². The van der Waals surface area contributed by atoms with E-state index in [1.165, 1.54) is 11.1 Å². The molecule has 0 saturated carbocycles. The largest absolute Gasteiger partial charge is 0.360 e. The minimum absolute atomic E-state index is 0.689. The van der Waals surface area contributed by atoms with Crippen LogP contribution in [0.4, 0.5) is 5.82 Å². The second-order valence-corrected chi connectivity index (χ2v) is 5.02. The summed E-state index contributed by atoms with van der Waals surface area (Å²) in [5, 5.41) is 3.44. The van der Waals surface area contributed by atoms with Crippen LogP contribution < -0.4 is 10.2 Å². The van der Waals surface area contributed by atoms with Crippen LogP contribution in [0.3, 0.4) is 0 Å². The standard InChI is InChI=1S/C14H25N3/c1-6-17(5)14-12(4)7-13(10-16-14)9-15-8-11(2)3/h7,10-11,15H,6,8-9H2,1-5H3. The van der Waals surface area contributed by atoms with Gasteiger partial charge in [-0.05, 0) is 43.5 Å². The minimum atomic E-state index is 0.689. The van der Waals surface area contributed by atoms with Crippen LogP contribution in [0.5, 0.6) is 0 Å². The highest BCUT2D eigenvalue weighted by Gasteiger charge is 2.05. The highest BCUT2D eigenvalue weighted by Crippen LogP contribution is 2.16. The van der Waals surface area contributed by atoms with E-state index in [0.717, 1.165) is 25.5 Å². The van der Waals surface area contributed by atoms with Crippen molar-refractivity contribution in [2.45, 2.75) is 34.2 Å². The molecule has 0 unspecified atom stereocenters. The molecule has 96 valence electrons. The lowest BCUT2D eigenvalue weighted by Crippen LogP contribution is -2.21. The van der Waals surface area contributed by atoms with Crippen molar-refractivity contribution in [3.8, 4) is 0 Å². The molecule has 0 amide bonds. The number of nitrogens with one attached hydrogen (secondary N) is 1. The topological polar surface area (TPSA) is 28.2 Å². The van der Waals surface area contributed by atoms with Gasteiger partial charge in [0.2, 0.25) is 0 Å². The maximum atomic E-state index is 4.53. The Labute approximate surface area is 105 Å². The molecule has 3 nitrogen and oxygen atoms in total. The Morgan fingerprint density at radius 2 is 2.12 bits per heavy atom. The van der Waals surface area contributed by atoms with E-state index in [4.69, 9.17) is 0 Å². The molecule has 0 radical (unpaired) electrons. The Kier molecular flexibility index (Phi) is 5.42. The lowest BCUT2D eigenvalue weighted by molar-refractivity contribution is 0.552. The third kappa shape index (κ3) is 4.35. The number of hydrogen-bond acceptors (Lipinski definition) is 3. The van der Waals surface area contributed by atoms with Gasteiger partial charge in [-0.25, -0.2) is 4.98 Å². The van der Waals surface area contributed by atoms with Gasteiger partial charge in [-0.2, -0.15) is 0 Å². The van der Waals surface area contributed by atoms with Crippen LogP contribution >= 0.6 is 0 Å². The SMILES string of the molecule is CCN(C)c1ncc(CNCC(C)C)cc1C. The van der Waals surface area contributed by atoms with Crippen LogP contribution in [0.1, 0.15) is 31.9 Å². The van der Waals surface area contributed by atoms with Gasteiger partial charge in [0.25, 0.3) is 0 Å². The zero-order valence-corrected chi connectivity index (χ0v) is 11.7. The van der Waals surface area contributed by atoms with Crippen molar-refractivity contribution in [3.63, 3.8) is 0 Å². The predicted molar refractivity (Wildman–Crippen MR) is 74.5 cm³/mol. The first-order valence-corrected chi connectivity index (χ1v) is 6.42. The Morgan fingerprint density at radius 3 is 2.65 bits per heavy atom. The van der Waals surface area contributed by atoms with Crippen molar-refractivity contribution >= 4 is 5.82 Å². The molecule has 17 heavy (non-hydrogen) atoms. The van der Waals surface area contributed by atoms with Gasteiger partial charge in [0, 0.05) is 26.3 Å². The lowest BCUT2D eigenvalue weighted by Gasteiger charge is -2.18. The second-order valence-electron chi connectivity index (χ2n) is 5.02. The van der Waals surface area contributed by atoms with E-state index in [9.17, 15) is 0 Å². The molecular weight excluding hydrogens is 210 g/mol. The summed E-state index contributed by atoms with van der Waals surface area (Å²) in [5.41, 5.74) is 2.51. The number of rotatable bonds is 6. The molecule has 0 aliphatic heterocycles. The number of pyridine rings is 1. The van der Waals surface area contributed by atoms with E-state index in [1.807, 2.05) is 6.20 Å². The van der Waals surface area contributed by atoms with Crippen LogP contribution in [0.15, 0.2) is 12.3 Å². The normalized spacial score (nSPS) is 10.9. The third-order valence-corrected chi connectivity index (χ3v) is 2.82. The van der Waals surface area contributed by atoms with E-state index in [2.05, 4.69) is 56.0 Å². The fourth-order valence-corrected chi connectivity index (χ4v) is 1.78. The molecule has 1 rings (SSSR count). The summed E-state index contributed by atoms with van der Waals surface area (Å²) in [6.45, 7) is 11.6. The van der Waals surface area contributed by atoms with Gasteiger partial charge in [0.1, 0.15) is 5.82 Å². The first-order valence-electron chi connectivity index (χ1n) is 6.42. The molecule has 0 aliphatic carbocycles. The fourth-order valence-electron chi connectivity index (χ4n) is 1.78. The third-order valence-electron chi connectivity index (χ3n) is 2.82. The second kappa shape index (κ2) is 6.60. The molecule has 0 fully saturated rings. The lowest BCUT2D eigenvalue weighted by atomic mass is 10.2. The number of aryl methyl sites for hydroxylation is 1. The monoisotopic (exact) mass is 235 g/mol. The summed E-state index contributed by atoms with van der Waals surface area (Å²) in [6, 6.07) is 2.22. The summed E-state index contributed by atoms with van der Waals surface area (Å²) in [5.74, 6) is 1.77. The molecule has 3 heteroatoms. The molecule has 1 heterocycles. The molecule has 1 N–H and O–H groups in total. The molecule has 0 spiro atoms. The molecule has 0 atom stereocenters. The van der Waals surface area contributed by atoms with Gasteiger partial charge in [0.05, 0.1) is 0 Å². The van der Waals surface area contributed by atoms with Crippen molar-refractivity contribution in [2.24, 2.45) is 5.92 Å². The molecule has 1 aromatic heterocycles. The van der Waals surface area contributed by atoms with Gasteiger partial charge < -0.3 is 10.2 Å². The van der Waals surface area contributed by atoms with E-state index in [1.54, 1.807) is 0 Å². The molecular formula is C14H25N3. The molecule has 0 aromatic carbocycles. The average molecular weight is 235 g/mol. The van der Waals surface area contributed by atoms with Gasteiger partial charge in [-0.15, -0.1) is 0 Å². The maximum Gasteiger partial charge on any atom is 0.131 e. The summed E-state index contributed by atoms with van der Waals surface area (Å²) < 4.78 is 0. The van der Waals surface area contributed by atoms with E-state index < -0.39 is 0 Å². The van der Waals surface area contributed by atoms with Crippen LogP contribution in [-0.2, 0) is 6.54 Å². The first-order chi connectivity index (χ1) is 8.04. The van der Waals surface area contributed by atoms with Crippen molar-refractivity contribution in [2.75, 3.05) is 25.0 Å². The van der Waals surface area contributed by atoms with E-state index in [0.29, 0.717) is 5.92 Å². The molecule has 0 bridgehead atoms. The highest BCUT2D eigenvalue weighted by atomic mass is 15.2. The van der Waals surface area contributed by atoms with Crippen molar-refractivity contribution in [1.29, 1.82) is 0 Å². The number of anilines is 1. The van der Waals surface area contributed by atoms with Gasteiger partial charge in [-0.3, -0.25) is 0 Å². The van der Waals surface area contributed by atoms with Crippen molar-refractivity contribution < 1.29 is 0 Å². The Morgan fingerprint density at radius 1 is 1.41 bits per heavy atom. The predicted octanol–water partition coefficient (Wildman–Crippen LogP) is 2.59. The van der Waals surface area contributed by atoms with Gasteiger partial charge in [-0.1, -0.05) is 13.8 Å². The molecule has 0 saturated heterocycles. The minimum Gasteiger partial charge on any atom is -0.360 e. The average Bonchev–Trinajstić information content (AvgIpc) is 2.28. The summed E-state index contributed by atoms with van der Waals surface area (Å²) >= 11 is 0. The van der Waals surface area contributed by atoms with Crippen LogP contribution in [0, 0.1) is 12.8 Å². The first kappa shape index (κ1) is 14.0. The summed E-state index contributed by atoms with van der Waals surface area (Å²) in [6.07, 6.45) is 1.97. The summed E-state index contributed by atoms with van der Waals surface area (Å²) in [4.78, 5) is 6.70. The number of hydrogen-bond donors (Lipinski definition) is 1.